The predicted octanol–water partition coefficient (Wildman–Crippen LogP) is 2.57. The van der Waals surface area contributed by atoms with Gasteiger partial charge in [-0.2, -0.15) is 0 Å². The van der Waals surface area contributed by atoms with Crippen molar-refractivity contribution in [3.8, 4) is 0 Å². The number of nitrogens with two attached hydrogens (primary N) is 1. The Bertz CT molecular complexity index is 513. The Morgan fingerprint density at radius 1 is 1.10 bits per heavy atom. The highest BCUT2D eigenvalue weighted by molar-refractivity contribution is 7.89. The normalized spacial score (nSPS) is 11.8. The third-order valence-corrected chi connectivity index (χ3v) is 4.87. The van der Waals surface area contributed by atoms with Crippen LogP contribution in [-0.4, -0.2) is 15.0 Å². The quantitative estimate of drug-likeness (QED) is 0.688. The Balaban J connectivity index is 2.72. The van der Waals surface area contributed by atoms with Crippen LogP contribution in [0, 0.1) is 0 Å². The van der Waals surface area contributed by atoms with Crippen LogP contribution in [0.1, 0.15) is 50.7 Å². The second-order valence-corrected chi connectivity index (χ2v) is 6.71. The molecule has 0 spiro atoms. The van der Waals surface area contributed by atoms with E-state index in [0.717, 1.165) is 43.2 Å². The average Bonchev–Trinajstić information content (AvgIpc) is 2.46. The molecule has 114 valence electrons. The molecule has 3 N–H and O–H groups in total. The summed E-state index contributed by atoms with van der Waals surface area (Å²) in [6, 6.07) is 5.20. The molecule has 1 rings (SSSR count). The number of rotatable bonds is 9. The number of sulfonamides is 1. The molecular weight excluding hydrogens is 272 g/mol. The van der Waals surface area contributed by atoms with Gasteiger partial charge in [-0.1, -0.05) is 39.2 Å². The van der Waals surface area contributed by atoms with E-state index in [0.29, 0.717) is 18.0 Å². The zero-order chi connectivity index (χ0) is 15.0. The minimum Gasteiger partial charge on any atom is -0.326 e. The summed E-state index contributed by atoms with van der Waals surface area (Å²) in [6.45, 7) is 5.03. The first-order valence-electron chi connectivity index (χ1n) is 7.36. The third-order valence-electron chi connectivity index (χ3n) is 3.41. The van der Waals surface area contributed by atoms with E-state index < -0.39 is 10.0 Å². The first-order valence-corrected chi connectivity index (χ1v) is 8.85. The van der Waals surface area contributed by atoms with Crippen molar-refractivity contribution in [3.63, 3.8) is 0 Å². The second kappa shape index (κ2) is 8.39. The Labute approximate surface area is 122 Å². The molecule has 0 unspecified atom stereocenters. The summed E-state index contributed by atoms with van der Waals surface area (Å²) in [7, 11) is -3.41. The lowest BCUT2D eigenvalue weighted by Gasteiger charge is -2.10. The topological polar surface area (TPSA) is 72.2 Å². The van der Waals surface area contributed by atoms with Gasteiger partial charge >= 0.3 is 0 Å². The van der Waals surface area contributed by atoms with E-state index in [1.54, 1.807) is 12.1 Å². The molecule has 0 atom stereocenters. The summed E-state index contributed by atoms with van der Waals surface area (Å²) < 4.78 is 27.0. The molecule has 0 aliphatic rings. The van der Waals surface area contributed by atoms with Gasteiger partial charge in [0.2, 0.25) is 10.0 Å². The minimum atomic E-state index is -3.41. The number of nitrogens with one attached hydrogen (secondary N) is 1. The van der Waals surface area contributed by atoms with Gasteiger partial charge in [-0.05, 0) is 36.1 Å². The van der Waals surface area contributed by atoms with Crippen molar-refractivity contribution in [1.29, 1.82) is 0 Å². The van der Waals surface area contributed by atoms with Crippen LogP contribution in [0.3, 0.4) is 0 Å². The SMILES string of the molecule is CCCCCCNS(=O)(=O)c1ccc(CC)c(CN)c1. The molecule has 5 heteroatoms. The van der Waals surface area contributed by atoms with Gasteiger partial charge in [0.25, 0.3) is 0 Å². The van der Waals surface area contributed by atoms with Crippen LogP contribution in [0.2, 0.25) is 0 Å². The van der Waals surface area contributed by atoms with Gasteiger partial charge in [0.15, 0.2) is 0 Å². The molecule has 0 fully saturated rings. The van der Waals surface area contributed by atoms with Crippen molar-refractivity contribution < 1.29 is 8.42 Å². The monoisotopic (exact) mass is 298 g/mol. The molecule has 0 bridgehead atoms. The van der Waals surface area contributed by atoms with Crippen molar-refractivity contribution in [1.82, 2.24) is 4.72 Å². The number of benzene rings is 1. The van der Waals surface area contributed by atoms with Crippen LogP contribution in [-0.2, 0) is 23.0 Å². The van der Waals surface area contributed by atoms with Gasteiger partial charge in [0, 0.05) is 13.1 Å². The molecule has 0 radical (unpaired) electrons. The predicted molar refractivity (Wildman–Crippen MR) is 83.0 cm³/mol. The van der Waals surface area contributed by atoms with Gasteiger partial charge in [0.1, 0.15) is 0 Å². The van der Waals surface area contributed by atoms with Crippen LogP contribution >= 0.6 is 0 Å². The molecule has 1 aromatic rings. The van der Waals surface area contributed by atoms with Crippen LogP contribution in [0.25, 0.3) is 0 Å². The maximum atomic E-state index is 12.2. The maximum Gasteiger partial charge on any atom is 0.240 e. The summed E-state index contributed by atoms with van der Waals surface area (Å²) in [4.78, 5) is 0.311. The van der Waals surface area contributed by atoms with Gasteiger partial charge in [-0.3, -0.25) is 0 Å². The fraction of sp³-hybridized carbons (Fsp3) is 0.600. The highest BCUT2D eigenvalue weighted by Gasteiger charge is 2.14. The Kier molecular flexibility index (Phi) is 7.19. The molecule has 1 aromatic carbocycles. The van der Waals surface area contributed by atoms with Gasteiger partial charge in [-0.25, -0.2) is 13.1 Å². The highest BCUT2D eigenvalue weighted by atomic mass is 32.2. The summed E-state index contributed by atoms with van der Waals surface area (Å²) in [5.74, 6) is 0. The average molecular weight is 298 g/mol. The van der Waals surface area contributed by atoms with E-state index in [1.807, 2.05) is 13.0 Å². The van der Waals surface area contributed by atoms with Crippen molar-refractivity contribution >= 4 is 10.0 Å². The standard InChI is InChI=1S/C15H26N2O2S/c1-3-5-6-7-10-17-20(18,19)15-9-8-13(4-2)14(11-15)12-16/h8-9,11,17H,3-7,10,12,16H2,1-2H3. The number of hydrogen-bond donors (Lipinski definition) is 2. The second-order valence-electron chi connectivity index (χ2n) is 4.95. The zero-order valence-corrected chi connectivity index (χ0v) is 13.3. The number of unbranched alkanes of at least 4 members (excludes halogenated alkanes) is 3. The van der Waals surface area contributed by atoms with Crippen LogP contribution < -0.4 is 10.5 Å². The van der Waals surface area contributed by atoms with Crippen molar-refractivity contribution in [2.45, 2.75) is 57.4 Å². The summed E-state index contributed by atoms with van der Waals surface area (Å²) in [5.41, 5.74) is 7.69. The fourth-order valence-corrected chi connectivity index (χ4v) is 3.27. The van der Waals surface area contributed by atoms with Crippen LogP contribution in [0.4, 0.5) is 0 Å². The van der Waals surface area contributed by atoms with E-state index >= 15 is 0 Å². The Hall–Kier alpha value is -0.910. The molecule has 20 heavy (non-hydrogen) atoms. The molecule has 4 nitrogen and oxygen atoms in total. The molecular formula is C15H26N2O2S. The van der Waals surface area contributed by atoms with Crippen LogP contribution in [0.5, 0.6) is 0 Å². The lowest BCUT2D eigenvalue weighted by molar-refractivity contribution is 0.573. The van der Waals surface area contributed by atoms with E-state index in [1.165, 1.54) is 0 Å². The van der Waals surface area contributed by atoms with Crippen molar-refractivity contribution in [3.05, 3.63) is 29.3 Å². The van der Waals surface area contributed by atoms with Gasteiger partial charge in [-0.15, -0.1) is 0 Å². The van der Waals surface area contributed by atoms with Crippen LogP contribution in [0.15, 0.2) is 23.1 Å². The number of hydrogen-bond acceptors (Lipinski definition) is 3. The van der Waals surface area contributed by atoms with E-state index in [4.69, 9.17) is 5.73 Å². The van der Waals surface area contributed by atoms with Gasteiger partial charge in [0.05, 0.1) is 4.90 Å². The van der Waals surface area contributed by atoms with Crippen molar-refractivity contribution in [2.24, 2.45) is 5.73 Å². The first-order chi connectivity index (χ1) is 9.55. The lowest BCUT2D eigenvalue weighted by Crippen LogP contribution is -2.25. The molecule has 0 saturated heterocycles. The fourth-order valence-electron chi connectivity index (χ4n) is 2.15. The minimum absolute atomic E-state index is 0.311. The summed E-state index contributed by atoms with van der Waals surface area (Å²) in [6.07, 6.45) is 5.08. The van der Waals surface area contributed by atoms with E-state index in [2.05, 4.69) is 11.6 Å². The van der Waals surface area contributed by atoms with Gasteiger partial charge < -0.3 is 5.73 Å². The summed E-state index contributed by atoms with van der Waals surface area (Å²) >= 11 is 0. The lowest BCUT2D eigenvalue weighted by atomic mass is 10.1. The van der Waals surface area contributed by atoms with E-state index in [9.17, 15) is 8.42 Å². The molecule has 0 aliphatic heterocycles. The molecule has 0 amide bonds. The third kappa shape index (κ3) is 4.89. The zero-order valence-electron chi connectivity index (χ0n) is 12.5. The number of aryl methyl sites for hydroxylation is 1. The maximum absolute atomic E-state index is 12.2. The molecule has 0 aliphatic carbocycles. The highest BCUT2D eigenvalue weighted by Crippen LogP contribution is 2.16. The smallest absolute Gasteiger partial charge is 0.240 e. The van der Waals surface area contributed by atoms with E-state index in [-0.39, 0.29) is 0 Å². The Morgan fingerprint density at radius 3 is 2.45 bits per heavy atom. The van der Waals surface area contributed by atoms with Crippen molar-refractivity contribution in [2.75, 3.05) is 6.54 Å². The first kappa shape index (κ1) is 17.1. The Morgan fingerprint density at radius 2 is 1.85 bits per heavy atom. The molecule has 0 saturated carbocycles. The molecule has 0 heterocycles. The molecule has 0 aromatic heterocycles. The summed E-state index contributed by atoms with van der Waals surface area (Å²) in [5, 5.41) is 0. The largest absolute Gasteiger partial charge is 0.326 e.